The zero-order valence-corrected chi connectivity index (χ0v) is 15.7. The Bertz CT molecular complexity index is 752. The molecule has 1 saturated carbocycles. The van der Waals surface area contributed by atoms with E-state index >= 15 is 0 Å². The molecule has 1 aromatic heterocycles. The molecule has 142 valence electrons. The Morgan fingerprint density at radius 2 is 1.70 bits per heavy atom. The highest BCUT2D eigenvalue weighted by molar-refractivity contribution is 5.64. The molecule has 1 saturated heterocycles. The lowest BCUT2D eigenvalue weighted by Gasteiger charge is -2.33. The van der Waals surface area contributed by atoms with Crippen LogP contribution in [-0.2, 0) is 4.79 Å². The molecule has 0 spiro atoms. The fourth-order valence-electron chi connectivity index (χ4n) is 3.89. The zero-order valence-electron chi connectivity index (χ0n) is 15.7. The van der Waals surface area contributed by atoms with E-state index in [1.54, 1.807) is 4.90 Å². The van der Waals surface area contributed by atoms with Gasteiger partial charge in [0.25, 0.3) is 0 Å². The molecular formula is C21H27N5O. The van der Waals surface area contributed by atoms with Gasteiger partial charge in [0, 0.05) is 43.9 Å². The number of aromatic nitrogens is 2. The molecule has 2 aromatic rings. The Morgan fingerprint density at radius 1 is 0.963 bits per heavy atom. The summed E-state index contributed by atoms with van der Waals surface area (Å²) in [6.45, 7) is 2.96. The van der Waals surface area contributed by atoms with Crippen molar-refractivity contribution in [3.05, 3.63) is 36.4 Å². The number of hydrogen-bond donors (Lipinski definition) is 1. The van der Waals surface area contributed by atoms with Crippen LogP contribution in [0.15, 0.2) is 36.4 Å². The standard InChI is InChI=1S/C21H27N5O/c27-16-25-11-13-26(14-12-25)21-23-19(17-7-3-1-4-8-17)15-20(24-21)22-18-9-5-2-6-10-18/h1,3-4,7-8,15-16,18H,2,5-6,9-14H2,(H,22,23,24). The van der Waals surface area contributed by atoms with Gasteiger partial charge in [-0.2, -0.15) is 4.98 Å². The molecule has 1 aromatic carbocycles. The van der Waals surface area contributed by atoms with Gasteiger partial charge in [0.05, 0.1) is 5.69 Å². The van der Waals surface area contributed by atoms with Gasteiger partial charge in [-0.05, 0) is 12.8 Å². The Hall–Kier alpha value is -2.63. The third kappa shape index (κ3) is 4.38. The molecule has 27 heavy (non-hydrogen) atoms. The highest BCUT2D eigenvalue weighted by Gasteiger charge is 2.20. The number of nitrogens with zero attached hydrogens (tertiary/aromatic N) is 4. The number of benzene rings is 1. The summed E-state index contributed by atoms with van der Waals surface area (Å²) in [5.41, 5.74) is 2.04. The summed E-state index contributed by atoms with van der Waals surface area (Å²) in [4.78, 5) is 24.6. The number of rotatable bonds is 5. The smallest absolute Gasteiger partial charge is 0.227 e. The second-order valence-electron chi connectivity index (χ2n) is 7.41. The monoisotopic (exact) mass is 365 g/mol. The van der Waals surface area contributed by atoms with Crippen molar-refractivity contribution in [2.75, 3.05) is 36.4 Å². The Balaban J connectivity index is 1.61. The van der Waals surface area contributed by atoms with Gasteiger partial charge in [0.15, 0.2) is 0 Å². The van der Waals surface area contributed by atoms with Crippen molar-refractivity contribution in [2.24, 2.45) is 0 Å². The topological polar surface area (TPSA) is 61.4 Å². The highest BCUT2D eigenvalue weighted by atomic mass is 16.1. The minimum atomic E-state index is 0.497. The number of piperazine rings is 1. The van der Waals surface area contributed by atoms with E-state index in [0.717, 1.165) is 42.5 Å². The first kappa shape index (κ1) is 17.8. The summed E-state index contributed by atoms with van der Waals surface area (Å²) >= 11 is 0. The van der Waals surface area contributed by atoms with Crippen LogP contribution in [0.25, 0.3) is 11.3 Å². The lowest BCUT2D eigenvalue weighted by Crippen LogP contribution is -2.46. The lowest BCUT2D eigenvalue weighted by atomic mass is 9.95. The first-order chi connectivity index (χ1) is 13.3. The SMILES string of the molecule is O=CN1CCN(c2nc(NC3CCCCC3)cc(-c3ccccc3)n2)CC1. The number of hydrogen-bond acceptors (Lipinski definition) is 5. The number of amides is 1. The van der Waals surface area contributed by atoms with Gasteiger partial charge in [0.2, 0.25) is 12.4 Å². The van der Waals surface area contributed by atoms with Crippen molar-refractivity contribution >= 4 is 18.2 Å². The number of nitrogens with one attached hydrogen (secondary N) is 1. The van der Waals surface area contributed by atoms with E-state index < -0.39 is 0 Å². The molecule has 1 N–H and O–H groups in total. The van der Waals surface area contributed by atoms with E-state index in [0.29, 0.717) is 19.1 Å². The maximum Gasteiger partial charge on any atom is 0.227 e. The predicted molar refractivity (Wildman–Crippen MR) is 108 cm³/mol. The van der Waals surface area contributed by atoms with E-state index in [4.69, 9.17) is 9.97 Å². The Morgan fingerprint density at radius 3 is 2.41 bits per heavy atom. The van der Waals surface area contributed by atoms with Gasteiger partial charge < -0.3 is 15.1 Å². The summed E-state index contributed by atoms with van der Waals surface area (Å²) in [7, 11) is 0. The van der Waals surface area contributed by atoms with Crippen molar-refractivity contribution in [2.45, 2.75) is 38.1 Å². The molecule has 0 radical (unpaired) electrons. The first-order valence-electron chi connectivity index (χ1n) is 9.97. The van der Waals surface area contributed by atoms with Crippen molar-refractivity contribution < 1.29 is 4.79 Å². The fourth-order valence-corrected chi connectivity index (χ4v) is 3.89. The third-order valence-electron chi connectivity index (χ3n) is 5.49. The van der Waals surface area contributed by atoms with Crippen LogP contribution in [0.5, 0.6) is 0 Å². The minimum Gasteiger partial charge on any atom is -0.367 e. The third-order valence-corrected chi connectivity index (χ3v) is 5.49. The molecule has 1 aliphatic heterocycles. The van der Waals surface area contributed by atoms with Crippen LogP contribution in [0.4, 0.5) is 11.8 Å². The number of carbonyl (C=O) groups excluding carboxylic acids is 1. The van der Waals surface area contributed by atoms with E-state index in [-0.39, 0.29) is 0 Å². The molecule has 0 atom stereocenters. The van der Waals surface area contributed by atoms with Crippen molar-refractivity contribution in [1.29, 1.82) is 0 Å². The maximum absolute atomic E-state index is 11.0. The number of carbonyl (C=O) groups is 1. The maximum atomic E-state index is 11.0. The molecule has 6 heteroatoms. The van der Waals surface area contributed by atoms with Gasteiger partial charge >= 0.3 is 0 Å². The van der Waals surface area contributed by atoms with Crippen LogP contribution in [0.2, 0.25) is 0 Å². The highest BCUT2D eigenvalue weighted by Crippen LogP contribution is 2.26. The lowest BCUT2D eigenvalue weighted by molar-refractivity contribution is -0.118. The molecule has 2 aliphatic rings. The number of anilines is 2. The van der Waals surface area contributed by atoms with Gasteiger partial charge in [-0.25, -0.2) is 4.98 Å². The van der Waals surface area contributed by atoms with Gasteiger partial charge in [-0.1, -0.05) is 49.6 Å². The van der Waals surface area contributed by atoms with E-state index in [1.165, 1.54) is 32.1 Å². The van der Waals surface area contributed by atoms with E-state index in [9.17, 15) is 4.79 Å². The van der Waals surface area contributed by atoms with Crippen LogP contribution >= 0.6 is 0 Å². The van der Waals surface area contributed by atoms with Crippen LogP contribution in [-0.4, -0.2) is 53.5 Å². The molecule has 6 nitrogen and oxygen atoms in total. The first-order valence-corrected chi connectivity index (χ1v) is 9.97. The summed E-state index contributed by atoms with van der Waals surface area (Å²) in [5, 5.41) is 3.65. The van der Waals surface area contributed by atoms with Gasteiger partial charge in [0.1, 0.15) is 5.82 Å². The molecule has 2 heterocycles. The molecule has 0 bridgehead atoms. The van der Waals surface area contributed by atoms with Crippen LogP contribution in [0.1, 0.15) is 32.1 Å². The predicted octanol–water partition coefficient (Wildman–Crippen LogP) is 3.17. The van der Waals surface area contributed by atoms with Crippen LogP contribution < -0.4 is 10.2 Å². The summed E-state index contributed by atoms with van der Waals surface area (Å²) < 4.78 is 0. The average molecular weight is 365 g/mol. The van der Waals surface area contributed by atoms with Gasteiger partial charge in [-0.3, -0.25) is 4.79 Å². The van der Waals surface area contributed by atoms with Gasteiger partial charge in [-0.15, -0.1) is 0 Å². The quantitative estimate of drug-likeness (QED) is 0.825. The largest absolute Gasteiger partial charge is 0.367 e. The van der Waals surface area contributed by atoms with Crippen molar-refractivity contribution in [1.82, 2.24) is 14.9 Å². The molecule has 1 amide bonds. The summed E-state index contributed by atoms with van der Waals surface area (Å²) in [6, 6.07) is 12.8. The summed E-state index contributed by atoms with van der Waals surface area (Å²) in [6.07, 6.45) is 7.25. The van der Waals surface area contributed by atoms with E-state index in [1.807, 2.05) is 18.2 Å². The Labute approximate surface area is 160 Å². The Kier molecular flexibility index (Phi) is 5.51. The van der Waals surface area contributed by atoms with Crippen molar-refractivity contribution in [3.8, 4) is 11.3 Å². The molecule has 2 fully saturated rings. The molecular weight excluding hydrogens is 338 g/mol. The second kappa shape index (κ2) is 8.37. The molecule has 4 rings (SSSR count). The fraction of sp³-hybridized carbons (Fsp3) is 0.476. The van der Waals surface area contributed by atoms with E-state index in [2.05, 4.69) is 28.4 Å². The normalized spacial score (nSPS) is 18.4. The van der Waals surface area contributed by atoms with Crippen molar-refractivity contribution in [3.63, 3.8) is 0 Å². The van der Waals surface area contributed by atoms with Crippen LogP contribution in [0.3, 0.4) is 0 Å². The van der Waals surface area contributed by atoms with Crippen LogP contribution in [0, 0.1) is 0 Å². The molecule has 1 aliphatic carbocycles. The average Bonchev–Trinajstić information content (AvgIpc) is 2.75. The summed E-state index contributed by atoms with van der Waals surface area (Å²) in [5.74, 6) is 1.66. The molecule has 0 unspecified atom stereocenters. The second-order valence-corrected chi connectivity index (χ2v) is 7.41. The minimum absolute atomic E-state index is 0.497. The zero-order chi connectivity index (χ0) is 18.5.